The maximum absolute atomic E-state index is 12.8. The third-order valence-electron chi connectivity index (χ3n) is 5.99. The minimum absolute atomic E-state index is 0.0221. The van der Waals surface area contributed by atoms with Crippen LogP contribution >= 0.6 is 0 Å². The van der Waals surface area contributed by atoms with Crippen LogP contribution in [0.4, 0.5) is 4.79 Å². The van der Waals surface area contributed by atoms with Crippen molar-refractivity contribution in [1.29, 1.82) is 0 Å². The van der Waals surface area contributed by atoms with E-state index in [1.54, 1.807) is 6.92 Å². The van der Waals surface area contributed by atoms with Crippen LogP contribution in [0.15, 0.2) is 30.3 Å². The van der Waals surface area contributed by atoms with E-state index in [1.165, 1.54) is 0 Å². The Kier molecular flexibility index (Phi) is 7.75. The number of hydrogen-bond acceptors (Lipinski definition) is 5. The molecule has 1 amide bonds. The first-order valence-corrected chi connectivity index (χ1v) is 12.2. The Morgan fingerprint density at radius 1 is 1.13 bits per heavy atom. The number of benzene rings is 1. The number of nitrogens with zero attached hydrogens (tertiary/aromatic N) is 1. The van der Waals surface area contributed by atoms with Gasteiger partial charge in [0.2, 0.25) is 0 Å². The van der Waals surface area contributed by atoms with Crippen molar-refractivity contribution in [1.82, 2.24) is 9.62 Å². The number of ether oxygens (including phenoxy) is 2. The van der Waals surface area contributed by atoms with Crippen molar-refractivity contribution < 1.29 is 23.3 Å². The zero-order valence-electron chi connectivity index (χ0n) is 18.8. The quantitative estimate of drug-likeness (QED) is 0.642. The summed E-state index contributed by atoms with van der Waals surface area (Å²) in [7, 11) is -1.39. The van der Waals surface area contributed by atoms with Crippen LogP contribution in [0.1, 0.15) is 58.9 Å². The smallest absolute Gasteiger partial charge is 0.410 e. The van der Waals surface area contributed by atoms with Gasteiger partial charge in [-0.2, -0.15) is 0 Å². The van der Waals surface area contributed by atoms with Gasteiger partial charge in [-0.1, -0.05) is 30.3 Å². The highest BCUT2D eigenvalue weighted by atomic mass is 32.2. The number of fused-ring (bicyclic) bond motifs is 2. The summed E-state index contributed by atoms with van der Waals surface area (Å²) in [5, 5.41) is 0. The molecule has 3 rings (SSSR count). The molecule has 1 aromatic carbocycles. The van der Waals surface area contributed by atoms with Crippen LogP contribution in [0.2, 0.25) is 0 Å². The molecule has 2 saturated heterocycles. The molecule has 0 spiro atoms. The van der Waals surface area contributed by atoms with E-state index in [9.17, 15) is 13.8 Å². The van der Waals surface area contributed by atoms with Crippen LogP contribution in [0, 0.1) is 5.92 Å². The summed E-state index contributed by atoms with van der Waals surface area (Å²) in [6.07, 6.45) is 2.80. The minimum Gasteiger partial charge on any atom is -0.465 e. The van der Waals surface area contributed by atoms with Crippen molar-refractivity contribution in [3.05, 3.63) is 35.9 Å². The summed E-state index contributed by atoms with van der Waals surface area (Å²) in [6, 6.07) is 9.02. The summed E-state index contributed by atoms with van der Waals surface area (Å²) >= 11 is 0. The van der Waals surface area contributed by atoms with E-state index in [0.29, 0.717) is 12.8 Å². The van der Waals surface area contributed by atoms with Crippen molar-refractivity contribution in [2.45, 2.75) is 82.9 Å². The highest BCUT2D eigenvalue weighted by Crippen LogP contribution is 2.40. The number of carbonyl (C=O) groups is 2. The number of piperidine rings is 1. The van der Waals surface area contributed by atoms with E-state index in [0.717, 1.165) is 18.4 Å². The summed E-state index contributed by atoms with van der Waals surface area (Å²) in [5.74, 6) is -0.411. The van der Waals surface area contributed by atoms with Crippen LogP contribution in [-0.2, 0) is 31.9 Å². The monoisotopic (exact) mass is 450 g/mol. The fourth-order valence-electron chi connectivity index (χ4n) is 4.44. The van der Waals surface area contributed by atoms with Gasteiger partial charge in [-0.3, -0.25) is 4.79 Å². The van der Waals surface area contributed by atoms with Gasteiger partial charge in [-0.15, -0.1) is 0 Å². The third kappa shape index (κ3) is 5.86. The topological polar surface area (TPSA) is 84.9 Å². The van der Waals surface area contributed by atoms with Crippen molar-refractivity contribution in [3.8, 4) is 0 Å². The van der Waals surface area contributed by atoms with Gasteiger partial charge in [-0.25, -0.2) is 13.7 Å². The molecule has 172 valence electrons. The van der Waals surface area contributed by atoms with E-state index in [2.05, 4.69) is 4.72 Å². The second kappa shape index (κ2) is 10.1. The molecule has 2 aliphatic rings. The Balaban J connectivity index is 1.66. The molecule has 0 radical (unpaired) electrons. The van der Waals surface area contributed by atoms with Crippen molar-refractivity contribution >= 4 is 23.0 Å². The summed E-state index contributed by atoms with van der Waals surface area (Å²) in [4.78, 5) is 27.3. The molecule has 2 fully saturated rings. The lowest BCUT2D eigenvalue weighted by molar-refractivity contribution is -0.147. The predicted octanol–water partition coefficient (Wildman–Crippen LogP) is 3.55. The molecule has 3 unspecified atom stereocenters. The Labute approximate surface area is 187 Å². The van der Waals surface area contributed by atoms with Gasteiger partial charge < -0.3 is 14.4 Å². The van der Waals surface area contributed by atoms with Gasteiger partial charge in [0.1, 0.15) is 12.6 Å². The Hall–Kier alpha value is -1.93. The summed E-state index contributed by atoms with van der Waals surface area (Å²) in [6.45, 7) is 7.89. The van der Waals surface area contributed by atoms with Crippen LogP contribution in [-0.4, -0.2) is 50.7 Å². The number of hydrogen-bond donors (Lipinski definition) is 1. The fourth-order valence-corrected chi connectivity index (χ4v) is 5.32. The molecule has 0 aliphatic carbocycles. The zero-order valence-corrected chi connectivity index (χ0v) is 19.7. The number of rotatable bonds is 7. The van der Waals surface area contributed by atoms with Crippen LogP contribution in [0.25, 0.3) is 0 Å². The van der Waals surface area contributed by atoms with Gasteiger partial charge >= 0.3 is 12.1 Å². The Bertz CT molecular complexity index is 781. The van der Waals surface area contributed by atoms with Gasteiger partial charge in [-0.05, 0) is 64.9 Å². The van der Waals surface area contributed by atoms with Crippen LogP contribution < -0.4 is 4.72 Å². The van der Waals surface area contributed by atoms with E-state index in [1.807, 2.05) is 56.0 Å². The maximum Gasteiger partial charge on any atom is 0.410 e. The molecule has 7 nitrogen and oxygen atoms in total. The molecule has 8 heteroatoms. The molecular weight excluding hydrogens is 416 g/mol. The number of esters is 1. The predicted molar refractivity (Wildman–Crippen MR) is 119 cm³/mol. The molecular formula is C23H34N2O5S. The van der Waals surface area contributed by atoms with Gasteiger partial charge in [0.15, 0.2) is 0 Å². The third-order valence-corrected chi connectivity index (χ3v) is 7.57. The van der Waals surface area contributed by atoms with E-state index >= 15 is 0 Å². The second-order valence-electron chi connectivity index (χ2n) is 9.29. The highest BCUT2D eigenvalue weighted by molar-refractivity contribution is 7.84. The lowest BCUT2D eigenvalue weighted by atomic mass is 9.85. The first-order valence-electron chi connectivity index (χ1n) is 11.0. The highest BCUT2D eigenvalue weighted by Gasteiger charge is 2.48. The molecule has 4 atom stereocenters. The number of nitrogens with one attached hydrogen (secondary N) is 1. The minimum atomic E-state index is -1.39. The number of carbonyl (C=O) groups excluding carboxylic acids is 2. The van der Waals surface area contributed by atoms with Crippen LogP contribution in [0.3, 0.4) is 0 Å². The molecule has 2 bridgehead atoms. The second-order valence-corrected chi connectivity index (χ2v) is 11.3. The SMILES string of the molecule is CCOC(=O)[C@@H](NS(=O)C(C)(C)C)C1CC2CCC(C1)N2C(=O)OCc1ccccc1. The summed E-state index contributed by atoms with van der Waals surface area (Å²) < 4.78 is 26.1. The van der Waals surface area contributed by atoms with E-state index < -0.39 is 21.8 Å². The molecule has 2 heterocycles. The first-order chi connectivity index (χ1) is 14.7. The molecule has 0 aromatic heterocycles. The van der Waals surface area contributed by atoms with Crippen molar-refractivity contribution in [2.24, 2.45) is 5.92 Å². The Morgan fingerprint density at radius 2 is 1.74 bits per heavy atom. The van der Waals surface area contributed by atoms with Crippen molar-refractivity contribution in [3.63, 3.8) is 0 Å². The van der Waals surface area contributed by atoms with Gasteiger partial charge in [0.25, 0.3) is 0 Å². The average molecular weight is 451 g/mol. The standard InChI is InChI=1S/C23H34N2O5S/c1-5-29-21(26)20(24-31(28)23(2,3)4)17-13-18-11-12-19(14-17)25(18)22(27)30-15-16-9-7-6-8-10-16/h6-10,17-20,24H,5,11-15H2,1-4H3/t17?,18?,19?,20-,31?/m0/s1. The van der Waals surface area contributed by atoms with Crippen molar-refractivity contribution in [2.75, 3.05) is 6.61 Å². The molecule has 0 saturated carbocycles. The lowest BCUT2D eigenvalue weighted by Gasteiger charge is -2.40. The van der Waals surface area contributed by atoms with Crippen LogP contribution in [0.5, 0.6) is 0 Å². The summed E-state index contributed by atoms with van der Waals surface area (Å²) in [5.41, 5.74) is 0.953. The zero-order chi connectivity index (χ0) is 22.6. The largest absolute Gasteiger partial charge is 0.465 e. The molecule has 1 N–H and O–H groups in total. The molecule has 31 heavy (non-hydrogen) atoms. The maximum atomic E-state index is 12.8. The fraction of sp³-hybridized carbons (Fsp3) is 0.652. The normalized spacial score (nSPS) is 25.0. The lowest BCUT2D eigenvalue weighted by Crippen LogP contribution is -2.54. The first kappa shape index (κ1) is 23.7. The van der Waals surface area contributed by atoms with Gasteiger partial charge in [0, 0.05) is 12.1 Å². The van der Waals surface area contributed by atoms with Gasteiger partial charge in [0.05, 0.1) is 22.3 Å². The Morgan fingerprint density at radius 3 is 2.29 bits per heavy atom. The molecule has 1 aromatic rings. The van der Waals surface area contributed by atoms with E-state index in [-0.39, 0.29) is 43.3 Å². The van der Waals surface area contributed by atoms with E-state index in [4.69, 9.17) is 9.47 Å². The number of amides is 1. The average Bonchev–Trinajstić information content (AvgIpc) is 3.00. The molecule has 2 aliphatic heterocycles.